The van der Waals surface area contributed by atoms with Crippen molar-refractivity contribution in [3.8, 4) is 6.07 Å². The van der Waals surface area contributed by atoms with Crippen LogP contribution in [0.4, 0.5) is 5.69 Å². The van der Waals surface area contributed by atoms with Crippen LogP contribution in [0.25, 0.3) is 10.2 Å². The van der Waals surface area contributed by atoms with Crippen LogP contribution in [0.5, 0.6) is 0 Å². The Labute approximate surface area is 104 Å². The lowest BCUT2D eigenvalue weighted by molar-refractivity contribution is 0.482. The highest BCUT2D eigenvalue weighted by Crippen LogP contribution is 2.39. The summed E-state index contributed by atoms with van der Waals surface area (Å²) < 4.78 is 1.09. The lowest BCUT2D eigenvalue weighted by atomic mass is 9.78. The number of hydrogen-bond acceptors (Lipinski definition) is 4. The Morgan fingerprint density at radius 1 is 1.47 bits per heavy atom. The smallest absolute Gasteiger partial charge is 0.195 e. The van der Waals surface area contributed by atoms with E-state index in [1.807, 2.05) is 0 Å². The Kier molecular flexibility index (Phi) is 2.14. The zero-order valence-corrected chi connectivity index (χ0v) is 10.7. The van der Waals surface area contributed by atoms with Crippen LogP contribution in [0.15, 0.2) is 12.1 Å². The third-order valence-corrected chi connectivity index (χ3v) is 4.34. The molecule has 1 aromatic carbocycles. The molecule has 86 valence electrons. The molecule has 0 saturated heterocycles. The molecule has 4 heteroatoms. The molecule has 2 heterocycles. The van der Waals surface area contributed by atoms with E-state index in [1.54, 1.807) is 0 Å². The highest BCUT2D eigenvalue weighted by Gasteiger charge is 2.28. The van der Waals surface area contributed by atoms with Crippen molar-refractivity contribution < 1.29 is 0 Å². The average molecular weight is 243 g/mol. The molecule has 0 amide bonds. The number of aromatic nitrogens is 1. The minimum absolute atomic E-state index is 0.186. The predicted molar refractivity (Wildman–Crippen MR) is 70.5 cm³/mol. The van der Waals surface area contributed by atoms with E-state index in [2.05, 4.69) is 42.4 Å². The molecular weight excluding hydrogens is 230 g/mol. The molecule has 3 rings (SSSR count). The molecule has 0 aliphatic carbocycles. The number of anilines is 1. The van der Waals surface area contributed by atoms with Crippen molar-refractivity contribution in [2.24, 2.45) is 0 Å². The number of hydrogen-bond donors (Lipinski definition) is 1. The molecule has 0 unspecified atom stereocenters. The fourth-order valence-electron chi connectivity index (χ4n) is 2.37. The van der Waals surface area contributed by atoms with Gasteiger partial charge in [-0.1, -0.05) is 13.8 Å². The maximum atomic E-state index is 8.89. The second-order valence-electron chi connectivity index (χ2n) is 5.06. The largest absolute Gasteiger partial charge is 0.385 e. The monoisotopic (exact) mass is 243 g/mol. The SMILES string of the molecule is CC1(C)CCNc2cc3sc(C#N)nc3cc21. The average Bonchev–Trinajstić information content (AvgIpc) is 2.68. The molecule has 17 heavy (non-hydrogen) atoms. The second kappa shape index (κ2) is 3.44. The third kappa shape index (κ3) is 1.58. The summed E-state index contributed by atoms with van der Waals surface area (Å²) in [7, 11) is 0. The zero-order valence-electron chi connectivity index (χ0n) is 9.87. The Bertz CT molecular complexity index is 634. The fraction of sp³-hybridized carbons (Fsp3) is 0.385. The summed E-state index contributed by atoms with van der Waals surface area (Å²) >= 11 is 1.46. The van der Waals surface area contributed by atoms with E-state index in [-0.39, 0.29) is 5.41 Å². The third-order valence-electron chi connectivity index (χ3n) is 3.42. The van der Waals surface area contributed by atoms with Crippen molar-refractivity contribution in [1.29, 1.82) is 5.26 Å². The molecule has 0 fully saturated rings. The van der Waals surface area contributed by atoms with E-state index in [0.717, 1.165) is 23.2 Å². The summed E-state index contributed by atoms with van der Waals surface area (Å²) in [4.78, 5) is 4.33. The molecule has 0 atom stereocenters. The number of nitrogens with one attached hydrogen (secondary N) is 1. The van der Waals surface area contributed by atoms with Crippen LogP contribution < -0.4 is 5.32 Å². The Morgan fingerprint density at radius 2 is 2.29 bits per heavy atom. The van der Waals surface area contributed by atoms with Crippen molar-refractivity contribution in [3.63, 3.8) is 0 Å². The van der Waals surface area contributed by atoms with E-state index in [9.17, 15) is 0 Å². The van der Waals surface area contributed by atoms with E-state index >= 15 is 0 Å². The predicted octanol–water partition coefficient (Wildman–Crippen LogP) is 3.26. The van der Waals surface area contributed by atoms with Crippen molar-refractivity contribution >= 4 is 27.2 Å². The molecule has 1 aliphatic rings. The molecule has 1 N–H and O–H groups in total. The lowest BCUT2D eigenvalue weighted by Crippen LogP contribution is -2.28. The second-order valence-corrected chi connectivity index (χ2v) is 6.09. The molecular formula is C13H13N3S. The minimum atomic E-state index is 0.186. The molecule has 1 aromatic heterocycles. The van der Waals surface area contributed by atoms with Crippen LogP contribution >= 0.6 is 11.3 Å². The molecule has 3 nitrogen and oxygen atoms in total. The molecule has 0 bridgehead atoms. The number of thiazole rings is 1. The Balaban J connectivity index is 2.27. The first-order valence-corrected chi connectivity index (χ1v) is 6.51. The first kappa shape index (κ1) is 10.5. The van der Waals surface area contributed by atoms with Crippen LogP contribution in [0, 0.1) is 11.3 Å². The molecule has 2 aromatic rings. The van der Waals surface area contributed by atoms with Gasteiger partial charge in [0.15, 0.2) is 5.01 Å². The van der Waals surface area contributed by atoms with Crippen LogP contribution in [-0.4, -0.2) is 11.5 Å². The summed E-state index contributed by atoms with van der Waals surface area (Å²) in [6, 6.07) is 6.38. The van der Waals surface area contributed by atoms with Gasteiger partial charge in [-0.2, -0.15) is 5.26 Å². The Morgan fingerprint density at radius 3 is 3.06 bits per heavy atom. The molecule has 1 aliphatic heterocycles. The van der Waals surface area contributed by atoms with Crippen molar-refractivity contribution in [2.75, 3.05) is 11.9 Å². The highest BCUT2D eigenvalue weighted by molar-refractivity contribution is 7.19. The van der Waals surface area contributed by atoms with Crippen molar-refractivity contribution in [3.05, 3.63) is 22.7 Å². The number of rotatable bonds is 0. The summed E-state index contributed by atoms with van der Waals surface area (Å²) in [5, 5.41) is 12.9. The van der Waals surface area contributed by atoms with Crippen LogP contribution in [0.2, 0.25) is 0 Å². The van der Waals surface area contributed by atoms with Crippen LogP contribution in [0.3, 0.4) is 0 Å². The maximum Gasteiger partial charge on any atom is 0.195 e. The van der Waals surface area contributed by atoms with Gasteiger partial charge in [0, 0.05) is 12.2 Å². The lowest BCUT2D eigenvalue weighted by Gasteiger charge is -2.33. The number of nitrogens with zero attached hydrogens (tertiary/aromatic N) is 2. The van der Waals surface area contributed by atoms with Crippen molar-refractivity contribution in [2.45, 2.75) is 25.7 Å². The topological polar surface area (TPSA) is 48.7 Å². The number of fused-ring (bicyclic) bond motifs is 2. The standard InChI is InChI=1S/C13H13N3S/c1-13(2)3-4-15-9-6-11-10(5-8(9)13)16-12(7-14)17-11/h5-6,15H,3-4H2,1-2H3. The summed E-state index contributed by atoms with van der Waals surface area (Å²) in [5.74, 6) is 0. The summed E-state index contributed by atoms with van der Waals surface area (Å²) in [5.41, 5.74) is 3.64. The number of nitriles is 1. The Hall–Kier alpha value is -1.60. The zero-order chi connectivity index (χ0) is 12.0. The van der Waals surface area contributed by atoms with Gasteiger partial charge >= 0.3 is 0 Å². The molecule has 0 saturated carbocycles. The normalized spacial score (nSPS) is 17.2. The van der Waals surface area contributed by atoms with E-state index in [1.165, 1.54) is 22.6 Å². The van der Waals surface area contributed by atoms with Gasteiger partial charge in [-0.05, 0) is 29.5 Å². The quantitative estimate of drug-likeness (QED) is 0.772. The molecule has 0 radical (unpaired) electrons. The number of benzene rings is 1. The van der Waals surface area contributed by atoms with Crippen molar-refractivity contribution in [1.82, 2.24) is 4.98 Å². The molecule has 0 spiro atoms. The van der Waals surface area contributed by atoms with Crippen LogP contribution in [0.1, 0.15) is 30.8 Å². The van der Waals surface area contributed by atoms with Gasteiger partial charge in [0.25, 0.3) is 0 Å². The first-order chi connectivity index (χ1) is 8.10. The van der Waals surface area contributed by atoms with Gasteiger partial charge in [0.05, 0.1) is 10.2 Å². The highest BCUT2D eigenvalue weighted by atomic mass is 32.1. The summed E-state index contributed by atoms with van der Waals surface area (Å²) in [6.07, 6.45) is 1.13. The minimum Gasteiger partial charge on any atom is -0.385 e. The van der Waals surface area contributed by atoms with E-state index in [4.69, 9.17) is 5.26 Å². The first-order valence-electron chi connectivity index (χ1n) is 5.69. The fourth-order valence-corrected chi connectivity index (χ4v) is 3.16. The van der Waals surface area contributed by atoms with Gasteiger partial charge in [0.2, 0.25) is 0 Å². The van der Waals surface area contributed by atoms with Gasteiger partial charge in [-0.15, -0.1) is 11.3 Å². The van der Waals surface area contributed by atoms with E-state index in [0.29, 0.717) is 5.01 Å². The van der Waals surface area contributed by atoms with Gasteiger partial charge in [-0.25, -0.2) is 4.98 Å². The maximum absolute atomic E-state index is 8.89. The summed E-state index contributed by atoms with van der Waals surface area (Å²) in [6.45, 7) is 5.53. The van der Waals surface area contributed by atoms with Gasteiger partial charge in [-0.3, -0.25) is 0 Å². The van der Waals surface area contributed by atoms with E-state index < -0.39 is 0 Å². The van der Waals surface area contributed by atoms with Gasteiger partial charge < -0.3 is 5.32 Å². The van der Waals surface area contributed by atoms with Gasteiger partial charge in [0.1, 0.15) is 6.07 Å². The van der Waals surface area contributed by atoms with Crippen LogP contribution in [-0.2, 0) is 5.41 Å².